The van der Waals surface area contributed by atoms with Crippen molar-refractivity contribution >= 4 is 11.8 Å². The number of unbranched alkanes of at least 4 members (excludes halogenated alkanes) is 4. The van der Waals surface area contributed by atoms with Crippen molar-refractivity contribution in [3.63, 3.8) is 0 Å². The molecule has 0 aliphatic carbocycles. The molecule has 0 rings (SSSR count). The van der Waals surface area contributed by atoms with Gasteiger partial charge in [0.2, 0.25) is 0 Å². The molecule has 0 unspecified atom stereocenters. The van der Waals surface area contributed by atoms with Crippen molar-refractivity contribution in [2.24, 2.45) is 0 Å². The van der Waals surface area contributed by atoms with Gasteiger partial charge in [-0.25, -0.2) is 0 Å². The summed E-state index contributed by atoms with van der Waals surface area (Å²) in [4.78, 5) is 21.9. The Kier molecular flexibility index (Phi) is 15.1. The van der Waals surface area contributed by atoms with Crippen molar-refractivity contribution in [3.05, 3.63) is 48.6 Å². The maximum Gasteiger partial charge on any atom is 0.303 e. The van der Waals surface area contributed by atoms with Crippen LogP contribution in [0.5, 0.6) is 0 Å². The minimum absolute atomic E-state index is 0.0549. The Morgan fingerprint density at radius 3 is 2.35 bits per heavy atom. The predicted octanol–water partition coefficient (Wildman–Crippen LogP) is 5.40. The fourth-order valence-electron chi connectivity index (χ4n) is 1.88. The van der Waals surface area contributed by atoms with Gasteiger partial charge in [-0.3, -0.25) is 9.59 Å². The van der Waals surface area contributed by atoms with Crippen molar-refractivity contribution in [3.8, 4) is 0 Å². The molecular formula is C20H30O3. The second-order valence-corrected chi connectivity index (χ2v) is 5.42. The lowest BCUT2D eigenvalue weighted by atomic mass is 10.2. The molecule has 0 fully saturated rings. The molecule has 0 atom stereocenters. The van der Waals surface area contributed by atoms with E-state index in [2.05, 4.69) is 19.1 Å². The highest BCUT2D eigenvalue weighted by Gasteiger charge is 1.94. The Morgan fingerprint density at radius 2 is 1.61 bits per heavy atom. The fourth-order valence-corrected chi connectivity index (χ4v) is 1.88. The first-order valence-corrected chi connectivity index (χ1v) is 8.54. The van der Waals surface area contributed by atoms with E-state index < -0.39 is 5.97 Å². The third-order valence-electron chi connectivity index (χ3n) is 3.19. The highest BCUT2D eigenvalue weighted by molar-refractivity contribution is 5.90. The summed E-state index contributed by atoms with van der Waals surface area (Å²) >= 11 is 0. The number of carboxylic acid groups (broad SMARTS) is 1. The monoisotopic (exact) mass is 318 g/mol. The predicted molar refractivity (Wildman–Crippen MR) is 96.4 cm³/mol. The van der Waals surface area contributed by atoms with Crippen LogP contribution < -0.4 is 0 Å². The smallest absolute Gasteiger partial charge is 0.303 e. The minimum Gasteiger partial charge on any atom is -0.481 e. The van der Waals surface area contributed by atoms with Crippen LogP contribution in [-0.2, 0) is 9.59 Å². The van der Waals surface area contributed by atoms with Crippen LogP contribution in [0.4, 0.5) is 0 Å². The van der Waals surface area contributed by atoms with Gasteiger partial charge < -0.3 is 5.11 Å². The van der Waals surface area contributed by atoms with Gasteiger partial charge in [0.1, 0.15) is 0 Å². The number of rotatable bonds is 14. The van der Waals surface area contributed by atoms with Gasteiger partial charge in [-0.1, -0.05) is 62.3 Å². The van der Waals surface area contributed by atoms with Crippen LogP contribution >= 0.6 is 0 Å². The number of carbonyl (C=O) groups is 2. The molecule has 0 aromatic heterocycles. The quantitative estimate of drug-likeness (QED) is 0.202. The van der Waals surface area contributed by atoms with Crippen LogP contribution in [0.3, 0.4) is 0 Å². The van der Waals surface area contributed by atoms with E-state index in [1.165, 1.54) is 19.3 Å². The van der Waals surface area contributed by atoms with Gasteiger partial charge in [0.15, 0.2) is 5.78 Å². The lowest BCUT2D eigenvalue weighted by Gasteiger charge is -1.91. The summed E-state index contributed by atoms with van der Waals surface area (Å²) in [5, 5.41) is 8.48. The topological polar surface area (TPSA) is 54.4 Å². The second-order valence-electron chi connectivity index (χ2n) is 5.42. The normalized spacial score (nSPS) is 12.2. The van der Waals surface area contributed by atoms with Crippen molar-refractivity contribution in [1.29, 1.82) is 0 Å². The summed E-state index contributed by atoms with van der Waals surface area (Å²) in [7, 11) is 0. The SMILES string of the molecule is CCCCC/C=C\C/C=C\C=C/C(=O)C/C=C/CCCC(=O)O. The second kappa shape index (κ2) is 16.5. The Morgan fingerprint density at radius 1 is 0.870 bits per heavy atom. The molecule has 0 aromatic carbocycles. The van der Waals surface area contributed by atoms with Crippen molar-refractivity contribution in [2.45, 2.75) is 64.7 Å². The van der Waals surface area contributed by atoms with E-state index in [9.17, 15) is 9.59 Å². The molecule has 0 aromatic rings. The number of allylic oxidation sites excluding steroid dienone is 8. The van der Waals surface area contributed by atoms with Crippen molar-refractivity contribution < 1.29 is 14.7 Å². The number of aliphatic carboxylic acids is 1. The number of hydrogen-bond acceptors (Lipinski definition) is 2. The lowest BCUT2D eigenvalue weighted by molar-refractivity contribution is -0.137. The van der Waals surface area contributed by atoms with E-state index in [-0.39, 0.29) is 12.2 Å². The molecule has 0 saturated heterocycles. The first-order valence-electron chi connectivity index (χ1n) is 8.54. The summed E-state index contributed by atoms with van der Waals surface area (Å²) < 4.78 is 0. The molecule has 3 nitrogen and oxygen atoms in total. The minimum atomic E-state index is -0.778. The molecule has 0 bridgehead atoms. The number of carboxylic acids is 1. The molecular weight excluding hydrogens is 288 g/mol. The van der Waals surface area contributed by atoms with E-state index in [1.54, 1.807) is 18.2 Å². The number of hydrogen-bond donors (Lipinski definition) is 1. The zero-order chi connectivity index (χ0) is 17.2. The van der Waals surface area contributed by atoms with Gasteiger partial charge in [-0.2, -0.15) is 0 Å². The summed E-state index contributed by atoms with van der Waals surface area (Å²) in [5.74, 6) is -0.723. The first kappa shape index (κ1) is 21.1. The third-order valence-corrected chi connectivity index (χ3v) is 3.19. The molecule has 0 amide bonds. The Balaban J connectivity index is 3.65. The zero-order valence-corrected chi connectivity index (χ0v) is 14.2. The Bertz CT molecular complexity index is 428. The van der Waals surface area contributed by atoms with Crippen LogP contribution in [0.1, 0.15) is 64.7 Å². The summed E-state index contributed by atoms with van der Waals surface area (Å²) in [6.45, 7) is 2.20. The van der Waals surface area contributed by atoms with Crippen LogP contribution in [0, 0.1) is 0 Å². The average Bonchev–Trinajstić information content (AvgIpc) is 2.52. The average molecular weight is 318 g/mol. The van der Waals surface area contributed by atoms with E-state index >= 15 is 0 Å². The molecule has 0 heterocycles. The molecule has 1 N–H and O–H groups in total. The summed E-state index contributed by atoms with van der Waals surface area (Å²) in [5.41, 5.74) is 0. The van der Waals surface area contributed by atoms with Crippen LogP contribution in [0.2, 0.25) is 0 Å². The van der Waals surface area contributed by atoms with Gasteiger partial charge in [0, 0.05) is 12.8 Å². The fraction of sp³-hybridized carbons (Fsp3) is 0.500. The lowest BCUT2D eigenvalue weighted by Crippen LogP contribution is -1.92. The summed E-state index contributed by atoms with van der Waals surface area (Å²) in [6, 6.07) is 0. The standard InChI is InChI=1S/C20H30O3/c1-2-3-4-5-6-7-8-9-10-13-16-19(21)17-14-11-12-15-18-20(22)23/h6-7,9-11,13-14,16H,2-5,8,12,15,17-18H2,1H3,(H,22,23)/b7-6-,10-9-,14-11+,16-13-. The highest BCUT2D eigenvalue weighted by atomic mass is 16.4. The van der Waals surface area contributed by atoms with Crippen LogP contribution in [0.15, 0.2) is 48.6 Å². The molecule has 0 aliphatic rings. The third kappa shape index (κ3) is 18.1. The van der Waals surface area contributed by atoms with E-state index in [0.717, 1.165) is 12.8 Å². The molecule has 3 heteroatoms. The zero-order valence-electron chi connectivity index (χ0n) is 14.2. The molecule has 0 spiro atoms. The van der Waals surface area contributed by atoms with Gasteiger partial charge in [0.05, 0.1) is 0 Å². The number of ketones is 1. The first-order chi connectivity index (χ1) is 11.2. The maximum absolute atomic E-state index is 11.5. The van der Waals surface area contributed by atoms with E-state index in [0.29, 0.717) is 19.3 Å². The maximum atomic E-state index is 11.5. The largest absolute Gasteiger partial charge is 0.481 e. The van der Waals surface area contributed by atoms with Crippen LogP contribution in [0.25, 0.3) is 0 Å². The highest BCUT2D eigenvalue weighted by Crippen LogP contribution is 2.01. The molecule has 0 radical (unpaired) electrons. The van der Waals surface area contributed by atoms with Gasteiger partial charge >= 0.3 is 5.97 Å². The van der Waals surface area contributed by atoms with Gasteiger partial charge in [0.25, 0.3) is 0 Å². The van der Waals surface area contributed by atoms with E-state index in [4.69, 9.17) is 5.11 Å². The number of carbonyl (C=O) groups excluding carboxylic acids is 1. The Labute approximate surface area is 140 Å². The summed E-state index contributed by atoms with van der Waals surface area (Å²) in [6.07, 6.45) is 23.0. The molecule has 128 valence electrons. The Hall–Kier alpha value is -1.90. The molecule has 0 saturated carbocycles. The van der Waals surface area contributed by atoms with E-state index in [1.807, 2.05) is 18.2 Å². The molecule has 0 aliphatic heterocycles. The van der Waals surface area contributed by atoms with Crippen molar-refractivity contribution in [2.75, 3.05) is 0 Å². The van der Waals surface area contributed by atoms with Crippen LogP contribution in [-0.4, -0.2) is 16.9 Å². The van der Waals surface area contributed by atoms with Gasteiger partial charge in [-0.05, 0) is 38.2 Å². The van der Waals surface area contributed by atoms with Gasteiger partial charge in [-0.15, -0.1) is 0 Å². The molecule has 23 heavy (non-hydrogen) atoms. The van der Waals surface area contributed by atoms with Crippen molar-refractivity contribution in [1.82, 2.24) is 0 Å².